The lowest BCUT2D eigenvalue weighted by Gasteiger charge is -2.00. The van der Waals surface area contributed by atoms with Gasteiger partial charge in [0.1, 0.15) is 0 Å². The molecular formula is C14H9NO2S. The zero-order valence-corrected chi connectivity index (χ0v) is 10.1. The molecule has 1 heterocycles. The maximum atomic E-state index is 10.7. The van der Waals surface area contributed by atoms with Crippen LogP contribution in [0.1, 0.15) is 21.5 Å². The number of rotatable bonds is 3. The molecule has 0 fully saturated rings. The Kier molecular flexibility index (Phi) is 3.56. The van der Waals surface area contributed by atoms with Crippen molar-refractivity contribution in [1.29, 1.82) is 5.26 Å². The summed E-state index contributed by atoms with van der Waals surface area (Å²) in [5.41, 5.74) is 2.42. The maximum Gasteiger partial charge on any atom is 0.335 e. The third kappa shape index (κ3) is 2.65. The second-order valence-corrected chi connectivity index (χ2v) is 4.39. The first-order chi connectivity index (χ1) is 8.70. The van der Waals surface area contributed by atoms with Gasteiger partial charge in [-0.1, -0.05) is 12.1 Å². The molecule has 0 saturated heterocycles. The Bertz CT molecular complexity index is 619. The Labute approximate surface area is 108 Å². The molecule has 0 saturated carbocycles. The fourth-order valence-corrected chi connectivity index (χ4v) is 2.11. The monoisotopic (exact) mass is 255 g/mol. The van der Waals surface area contributed by atoms with E-state index in [1.165, 1.54) is 12.1 Å². The van der Waals surface area contributed by atoms with Crippen molar-refractivity contribution in [2.24, 2.45) is 0 Å². The molecule has 1 N–H and O–H groups in total. The average molecular weight is 255 g/mol. The van der Waals surface area contributed by atoms with Crippen LogP contribution in [0.3, 0.4) is 0 Å². The first-order valence-electron chi connectivity index (χ1n) is 5.18. The molecule has 3 nitrogen and oxygen atoms in total. The van der Waals surface area contributed by atoms with E-state index in [-0.39, 0.29) is 5.56 Å². The van der Waals surface area contributed by atoms with Crippen LogP contribution in [0.2, 0.25) is 0 Å². The molecule has 0 unspecified atom stereocenters. The highest BCUT2D eigenvalue weighted by molar-refractivity contribution is 7.08. The lowest BCUT2D eigenvalue weighted by Crippen LogP contribution is -1.95. The van der Waals surface area contributed by atoms with E-state index in [0.717, 1.165) is 5.56 Å². The van der Waals surface area contributed by atoms with Gasteiger partial charge in [0.15, 0.2) is 0 Å². The van der Waals surface area contributed by atoms with E-state index in [2.05, 4.69) is 6.07 Å². The Hall–Kier alpha value is -2.38. The lowest BCUT2D eigenvalue weighted by molar-refractivity contribution is 0.0697. The molecule has 0 atom stereocenters. The molecule has 0 aliphatic rings. The minimum absolute atomic E-state index is 0.214. The summed E-state index contributed by atoms with van der Waals surface area (Å²) in [6.45, 7) is 0. The zero-order valence-electron chi connectivity index (χ0n) is 9.33. The van der Waals surface area contributed by atoms with Gasteiger partial charge in [-0.2, -0.15) is 16.6 Å². The third-order valence-corrected chi connectivity index (χ3v) is 3.12. The van der Waals surface area contributed by atoms with Gasteiger partial charge in [-0.15, -0.1) is 0 Å². The average Bonchev–Trinajstić information content (AvgIpc) is 2.89. The van der Waals surface area contributed by atoms with Crippen molar-refractivity contribution in [2.45, 2.75) is 0 Å². The summed E-state index contributed by atoms with van der Waals surface area (Å²) in [6.07, 6.45) is 1.78. The van der Waals surface area contributed by atoms with Crippen molar-refractivity contribution in [1.82, 2.24) is 0 Å². The van der Waals surface area contributed by atoms with Crippen molar-refractivity contribution < 1.29 is 9.90 Å². The molecule has 0 aliphatic heterocycles. The molecule has 18 heavy (non-hydrogen) atoms. The minimum Gasteiger partial charge on any atom is -0.478 e. The summed E-state index contributed by atoms with van der Waals surface area (Å²) in [5, 5.41) is 21.8. The Morgan fingerprint density at radius 1 is 1.22 bits per heavy atom. The number of allylic oxidation sites excluding steroid dienone is 1. The molecule has 0 aliphatic carbocycles. The van der Waals surface area contributed by atoms with Gasteiger partial charge < -0.3 is 5.11 Å². The lowest BCUT2D eigenvalue weighted by atomic mass is 10.0. The number of nitriles is 1. The molecule has 0 bridgehead atoms. The van der Waals surface area contributed by atoms with E-state index in [1.54, 1.807) is 29.5 Å². The number of thiophene rings is 1. The number of carbonyl (C=O) groups is 1. The summed E-state index contributed by atoms with van der Waals surface area (Å²) >= 11 is 1.56. The Morgan fingerprint density at radius 2 is 1.89 bits per heavy atom. The van der Waals surface area contributed by atoms with Gasteiger partial charge in [-0.3, -0.25) is 0 Å². The number of nitrogens with zero attached hydrogens (tertiary/aromatic N) is 1. The van der Waals surface area contributed by atoms with E-state index >= 15 is 0 Å². The van der Waals surface area contributed by atoms with Gasteiger partial charge in [0.2, 0.25) is 0 Å². The summed E-state index contributed by atoms with van der Waals surface area (Å²) in [5.74, 6) is -0.970. The Morgan fingerprint density at radius 3 is 2.39 bits per heavy atom. The van der Waals surface area contributed by atoms with Gasteiger partial charge in [0.25, 0.3) is 0 Å². The van der Waals surface area contributed by atoms with Gasteiger partial charge in [-0.25, -0.2) is 4.79 Å². The van der Waals surface area contributed by atoms with Crippen molar-refractivity contribution >= 4 is 29.0 Å². The molecule has 1 aromatic heterocycles. The van der Waals surface area contributed by atoms with Crippen LogP contribution in [0, 0.1) is 11.3 Å². The topological polar surface area (TPSA) is 61.1 Å². The number of aromatic carboxylic acids is 1. The van der Waals surface area contributed by atoms with Crippen molar-refractivity contribution in [3.05, 3.63) is 57.8 Å². The summed E-state index contributed by atoms with van der Waals surface area (Å²) in [4.78, 5) is 10.7. The second kappa shape index (κ2) is 5.30. The van der Waals surface area contributed by atoms with Crippen LogP contribution >= 0.6 is 11.3 Å². The predicted molar refractivity (Wildman–Crippen MR) is 71.2 cm³/mol. The highest BCUT2D eigenvalue weighted by Crippen LogP contribution is 2.19. The van der Waals surface area contributed by atoms with Crippen molar-refractivity contribution in [3.63, 3.8) is 0 Å². The van der Waals surface area contributed by atoms with Gasteiger partial charge >= 0.3 is 5.97 Å². The molecule has 0 radical (unpaired) electrons. The molecule has 4 heteroatoms. The predicted octanol–water partition coefficient (Wildman–Crippen LogP) is 3.51. The van der Waals surface area contributed by atoms with E-state index in [0.29, 0.717) is 11.1 Å². The number of carboxylic acids is 1. The van der Waals surface area contributed by atoms with Gasteiger partial charge in [0, 0.05) is 0 Å². The molecule has 1 aromatic carbocycles. The van der Waals surface area contributed by atoms with E-state index in [9.17, 15) is 4.79 Å². The highest BCUT2D eigenvalue weighted by atomic mass is 32.1. The molecule has 0 spiro atoms. The van der Waals surface area contributed by atoms with Gasteiger partial charge in [0.05, 0.1) is 17.2 Å². The molecule has 2 aromatic rings. The van der Waals surface area contributed by atoms with E-state index in [4.69, 9.17) is 10.4 Å². The van der Waals surface area contributed by atoms with Gasteiger partial charge in [-0.05, 0) is 46.2 Å². The summed E-state index contributed by atoms with van der Waals surface area (Å²) < 4.78 is 0. The standard InChI is InChI=1S/C14H9NO2S/c15-8-13(7-10-5-6-18-9-10)11-1-3-12(4-2-11)14(16)17/h1-7,9H,(H,16,17)/b13-7-. The molecule has 2 rings (SSSR count). The largest absolute Gasteiger partial charge is 0.478 e. The van der Waals surface area contributed by atoms with Crippen LogP contribution in [0.5, 0.6) is 0 Å². The summed E-state index contributed by atoms with van der Waals surface area (Å²) in [7, 11) is 0. The van der Waals surface area contributed by atoms with Crippen LogP contribution < -0.4 is 0 Å². The molecule has 0 amide bonds. The van der Waals surface area contributed by atoms with Crippen molar-refractivity contribution in [3.8, 4) is 6.07 Å². The zero-order chi connectivity index (χ0) is 13.0. The maximum absolute atomic E-state index is 10.7. The highest BCUT2D eigenvalue weighted by Gasteiger charge is 2.05. The number of benzene rings is 1. The van der Waals surface area contributed by atoms with Crippen LogP contribution in [-0.2, 0) is 0 Å². The fraction of sp³-hybridized carbons (Fsp3) is 0. The van der Waals surface area contributed by atoms with E-state index < -0.39 is 5.97 Å². The second-order valence-electron chi connectivity index (χ2n) is 3.61. The first-order valence-corrected chi connectivity index (χ1v) is 6.12. The fourth-order valence-electron chi connectivity index (χ4n) is 1.50. The number of hydrogen-bond donors (Lipinski definition) is 1. The third-order valence-electron chi connectivity index (χ3n) is 2.42. The number of carboxylic acid groups (broad SMARTS) is 1. The van der Waals surface area contributed by atoms with Crippen LogP contribution in [0.15, 0.2) is 41.1 Å². The van der Waals surface area contributed by atoms with Crippen LogP contribution in [0.25, 0.3) is 11.6 Å². The summed E-state index contributed by atoms with van der Waals surface area (Å²) in [6, 6.07) is 10.3. The van der Waals surface area contributed by atoms with Crippen molar-refractivity contribution in [2.75, 3.05) is 0 Å². The quantitative estimate of drug-likeness (QED) is 0.854. The first kappa shape index (κ1) is 12.1. The Balaban J connectivity index is 2.35. The van der Waals surface area contributed by atoms with Crippen LogP contribution in [0.4, 0.5) is 0 Å². The van der Waals surface area contributed by atoms with E-state index in [1.807, 2.05) is 16.8 Å². The molecular weight excluding hydrogens is 246 g/mol. The SMILES string of the molecule is N#C/C(=C/c1ccsc1)c1ccc(C(=O)O)cc1. The molecule has 88 valence electrons. The smallest absolute Gasteiger partial charge is 0.335 e. The minimum atomic E-state index is -0.970. The normalized spacial score (nSPS) is 10.9. The number of hydrogen-bond acceptors (Lipinski definition) is 3. The van der Waals surface area contributed by atoms with Crippen LogP contribution in [-0.4, -0.2) is 11.1 Å².